The first-order valence-corrected chi connectivity index (χ1v) is 5.21. The highest BCUT2D eigenvalue weighted by molar-refractivity contribution is 5.68. The molecule has 5 heteroatoms. The van der Waals surface area contributed by atoms with E-state index in [0.717, 1.165) is 5.56 Å². The molecule has 16 heavy (non-hydrogen) atoms. The first-order chi connectivity index (χ1) is 7.79. The van der Waals surface area contributed by atoms with Crippen LogP contribution in [0.4, 0.5) is 4.79 Å². The van der Waals surface area contributed by atoms with Crippen molar-refractivity contribution < 1.29 is 14.6 Å². The maximum atomic E-state index is 11.5. The molecule has 0 aromatic carbocycles. The second-order valence-corrected chi connectivity index (χ2v) is 3.86. The van der Waals surface area contributed by atoms with E-state index in [0.29, 0.717) is 19.7 Å². The van der Waals surface area contributed by atoms with Crippen LogP contribution in [-0.4, -0.2) is 40.8 Å². The molecular weight excluding hydrogens is 208 g/mol. The number of hydrogen-bond donors (Lipinski definition) is 1. The molecule has 1 aromatic heterocycles. The Labute approximate surface area is 93.7 Å². The van der Waals surface area contributed by atoms with Crippen LogP contribution in [0.5, 0.6) is 0 Å². The molecule has 0 saturated carbocycles. The van der Waals surface area contributed by atoms with E-state index in [1.807, 2.05) is 12.1 Å². The SMILES string of the molecule is O=C1OCC(CO)CN1Cc1ccncc1. The summed E-state index contributed by atoms with van der Waals surface area (Å²) in [7, 11) is 0. The third-order valence-corrected chi connectivity index (χ3v) is 2.56. The van der Waals surface area contributed by atoms with Crippen molar-refractivity contribution >= 4 is 6.09 Å². The Hall–Kier alpha value is -1.62. The van der Waals surface area contributed by atoms with Gasteiger partial charge in [-0.15, -0.1) is 0 Å². The summed E-state index contributed by atoms with van der Waals surface area (Å²) < 4.78 is 4.98. The summed E-state index contributed by atoms with van der Waals surface area (Å²) >= 11 is 0. The standard InChI is InChI=1S/C11H14N2O3/c14-7-10-6-13(11(15)16-8-10)5-9-1-3-12-4-2-9/h1-4,10,14H,5-8H2. The molecule has 86 valence electrons. The Balaban J connectivity index is 2.00. The number of aliphatic hydroxyl groups is 1. The number of ether oxygens (including phenoxy) is 1. The lowest BCUT2D eigenvalue weighted by Crippen LogP contribution is -2.43. The number of aliphatic hydroxyl groups excluding tert-OH is 1. The molecule has 1 unspecified atom stereocenters. The Morgan fingerprint density at radius 3 is 2.94 bits per heavy atom. The number of carbonyl (C=O) groups excluding carboxylic acids is 1. The molecule has 0 bridgehead atoms. The highest BCUT2D eigenvalue weighted by atomic mass is 16.6. The van der Waals surface area contributed by atoms with Crippen LogP contribution < -0.4 is 0 Å². The molecule has 1 saturated heterocycles. The molecular formula is C11H14N2O3. The van der Waals surface area contributed by atoms with Crippen LogP contribution in [0.15, 0.2) is 24.5 Å². The molecule has 1 fully saturated rings. The van der Waals surface area contributed by atoms with Crippen LogP contribution in [0.1, 0.15) is 5.56 Å². The van der Waals surface area contributed by atoms with E-state index in [1.54, 1.807) is 17.3 Å². The number of pyridine rings is 1. The molecule has 1 atom stereocenters. The minimum Gasteiger partial charge on any atom is -0.449 e. The fraction of sp³-hybridized carbons (Fsp3) is 0.455. The van der Waals surface area contributed by atoms with Crippen LogP contribution in [0, 0.1) is 5.92 Å². The number of amides is 1. The fourth-order valence-electron chi connectivity index (χ4n) is 1.67. The lowest BCUT2D eigenvalue weighted by molar-refractivity contribution is 0.0221. The fourth-order valence-corrected chi connectivity index (χ4v) is 1.67. The van der Waals surface area contributed by atoms with E-state index in [4.69, 9.17) is 9.84 Å². The van der Waals surface area contributed by atoms with E-state index in [1.165, 1.54) is 0 Å². The van der Waals surface area contributed by atoms with Crippen molar-refractivity contribution in [3.05, 3.63) is 30.1 Å². The van der Waals surface area contributed by atoms with E-state index in [2.05, 4.69) is 4.98 Å². The first kappa shape index (κ1) is 10.9. The van der Waals surface area contributed by atoms with Crippen molar-refractivity contribution in [3.63, 3.8) is 0 Å². The molecule has 2 heterocycles. The van der Waals surface area contributed by atoms with Gasteiger partial charge in [0.15, 0.2) is 0 Å². The number of aromatic nitrogens is 1. The van der Waals surface area contributed by atoms with Gasteiger partial charge in [-0.3, -0.25) is 4.98 Å². The van der Waals surface area contributed by atoms with Crippen LogP contribution in [0.3, 0.4) is 0 Å². The third kappa shape index (κ3) is 2.49. The number of rotatable bonds is 3. The Bertz CT molecular complexity index is 356. The van der Waals surface area contributed by atoms with Gasteiger partial charge in [0.1, 0.15) is 0 Å². The third-order valence-electron chi connectivity index (χ3n) is 2.56. The molecule has 1 N–H and O–H groups in total. The molecule has 2 rings (SSSR count). The number of carbonyl (C=O) groups is 1. The lowest BCUT2D eigenvalue weighted by Gasteiger charge is -2.31. The van der Waals surface area contributed by atoms with Gasteiger partial charge < -0.3 is 14.7 Å². The quantitative estimate of drug-likeness (QED) is 0.815. The van der Waals surface area contributed by atoms with Crippen LogP contribution in [-0.2, 0) is 11.3 Å². The van der Waals surface area contributed by atoms with Gasteiger partial charge in [-0.2, -0.15) is 0 Å². The highest BCUT2D eigenvalue weighted by Gasteiger charge is 2.26. The van der Waals surface area contributed by atoms with Gasteiger partial charge in [0.25, 0.3) is 0 Å². The van der Waals surface area contributed by atoms with Crippen molar-refractivity contribution in [2.45, 2.75) is 6.54 Å². The zero-order chi connectivity index (χ0) is 11.4. The van der Waals surface area contributed by atoms with Gasteiger partial charge >= 0.3 is 6.09 Å². The van der Waals surface area contributed by atoms with Crippen molar-refractivity contribution in [2.75, 3.05) is 19.8 Å². The summed E-state index contributed by atoms with van der Waals surface area (Å²) in [5.74, 6) is 0.0135. The molecule has 1 aliphatic heterocycles. The summed E-state index contributed by atoms with van der Waals surface area (Å²) in [6.07, 6.45) is 3.06. The van der Waals surface area contributed by atoms with Gasteiger partial charge in [-0.25, -0.2) is 4.79 Å². The van der Waals surface area contributed by atoms with Crippen molar-refractivity contribution in [1.29, 1.82) is 0 Å². The van der Waals surface area contributed by atoms with Crippen molar-refractivity contribution in [3.8, 4) is 0 Å². The summed E-state index contributed by atoms with van der Waals surface area (Å²) in [5, 5.41) is 9.03. The maximum absolute atomic E-state index is 11.5. The predicted octanol–water partition coefficient (Wildman–Crippen LogP) is 0.642. The summed E-state index contributed by atoms with van der Waals surface area (Å²) in [6.45, 7) is 1.39. The highest BCUT2D eigenvalue weighted by Crippen LogP contribution is 2.14. The molecule has 0 spiro atoms. The van der Waals surface area contributed by atoms with Gasteiger partial charge in [0.2, 0.25) is 0 Å². The van der Waals surface area contributed by atoms with Gasteiger partial charge in [-0.1, -0.05) is 0 Å². The van der Waals surface area contributed by atoms with Crippen LogP contribution >= 0.6 is 0 Å². The van der Waals surface area contributed by atoms with E-state index < -0.39 is 0 Å². The second-order valence-electron chi connectivity index (χ2n) is 3.86. The van der Waals surface area contributed by atoms with Crippen molar-refractivity contribution in [1.82, 2.24) is 9.88 Å². The Morgan fingerprint density at radius 1 is 1.50 bits per heavy atom. The smallest absolute Gasteiger partial charge is 0.410 e. The molecule has 1 aliphatic rings. The van der Waals surface area contributed by atoms with Gasteiger partial charge in [-0.05, 0) is 17.7 Å². The number of nitrogens with zero attached hydrogens (tertiary/aromatic N) is 2. The number of hydrogen-bond acceptors (Lipinski definition) is 4. The lowest BCUT2D eigenvalue weighted by atomic mass is 10.1. The summed E-state index contributed by atoms with van der Waals surface area (Å²) in [6, 6.07) is 3.71. The van der Waals surface area contributed by atoms with E-state index >= 15 is 0 Å². The van der Waals surface area contributed by atoms with Crippen LogP contribution in [0.25, 0.3) is 0 Å². The molecule has 0 aliphatic carbocycles. The topological polar surface area (TPSA) is 62.7 Å². The zero-order valence-electron chi connectivity index (χ0n) is 8.87. The molecule has 1 amide bonds. The average molecular weight is 222 g/mol. The monoisotopic (exact) mass is 222 g/mol. The average Bonchev–Trinajstić information content (AvgIpc) is 2.33. The normalized spacial score (nSPS) is 20.7. The Morgan fingerprint density at radius 2 is 2.25 bits per heavy atom. The molecule has 1 aromatic rings. The number of cyclic esters (lactones) is 1. The molecule has 5 nitrogen and oxygen atoms in total. The van der Waals surface area contributed by atoms with E-state index in [9.17, 15) is 4.79 Å². The largest absolute Gasteiger partial charge is 0.449 e. The minimum absolute atomic E-state index is 0.0135. The molecule has 0 radical (unpaired) electrons. The minimum atomic E-state index is -0.318. The first-order valence-electron chi connectivity index (χ1n) is 5.21. The van der Waals surface area contributed by atoms with E-state index in [-0.39, 0.29) is 18.6 Å². The van der Waals surface area contributed by atoms with Crippen molar-refractivity contribution in [2.24, 2.45) is 5.92 Å². The zero-order valence-corrected chi connectivity index (χ0v) is 8.87. The van der Waals surface area contributed by atoms with Crippen LogP contribution in [0.2, 0.25) is 0 Å². The second kappa shape index (κ2) is 4.94. The predicted molar refractivity (Wildman–Crippen MR) is 56.6 cm³/mol. The van der Waals surface area contributed by atoms with Gasteiger partial charge in [0.05, 0.1) is 13.2 Å². The Kier molecular flexibility index (Phi) is 3.36. The maximum Gasteiger partial charge on any atom is 0.410 e. The van der Waals surface area contributed by atoms with Gasteiger partial charge in [0, 0.05) is 31.4 Å². The summed E-state index contributed by atoms with van der Waals surface area (Å²) in [5.41, 5.74) is 1.01. The summed E-state index contributed by atoms with van der Waals surface area (Å²) in [4.78, 5) is 17.0.